The molecule has 1 heterocycles. The van der Waals surface area contributed by atoms with Crippen LogP contribution in [-0.4, -0.2) is 42.8 Å². The molecule has 6 nitrogen and oxygen atoms in total. The molecule has 2 aromatic carbocycles. The second kappa shape index (κ2) is 9.45. The summed E-state index contributed by atoms with van der Waals surface area (Å²) >= 11 is 0. The van der Waals surface area contributed by atoms with Gasteiger partial charge in [-0.3, -0.25) is 4.90 Å². The zero-order valence-electron chi connectivity index (χ0n) is 17.9. The molecule has 160 valence electrons. The van der Waals surface area contributed by atoms with Gasteiger partial charge >= 0.3 is 0 Å². The van der Waals surface area contributed by atoms with Crippen molar-refractivity contribution in [2.45, 2.75) is 38.1 Å². The lowest BCUT2D eigenvalue weighted by atomic mass is 10.1. The van der Waals surface area contributed by atoms with E-state index in [1.165, 1.54) is 0 Å². The number of rotatable bonds is 9. The van der Waals surface area contributed by atoms with Crippen molar-refractivity contribution in [3.63, 3.8) is 0 Å². The third kappa shape index (κ3) is 4.74. The van der Waals surface area contributed by atoms with E-state index in [-0.39, 0.29) is 17.0 Å². The Hall–Kier alpha value is -2.64. The molecule has 1 unspecified atom stereocenters. The fraction of sp³-hybridized carbons (Fsp3) is 0.348. The standard InChI is InChI=1S/C23H29N3O3S/c1-5-30(27,28)23-24-15-20(26(23)16-19-11-7-6-8-12-19)17-25(3)18(2)21-13-9-10-14-22(21)29-4/h6-15,18H,5,16-17H2,1-4H3. The van der Waals surface area contributed by atoms with Crippen molar-refractivity contribution in [1.82, 2.24) is 14.5 Å². The quantitative estimate of drug-likeness (QED) is 0.518. The second-order valence-corrected chi connectivity index (χ2v) is 9.51. The van der Waals surface area contributed by atoms with Crippen LogP contribution in [0.3, 0.4) is 0 Å². The maximum absolute atomic E-state index is 12.6. The molecular formula is C23H29N3O3S. The number of para-hydroxylation sites is 1. The molecule has 0 saturated carbocycles. The summed E-state index contributed by atoms with van der Waals surface area (Å²) in [6, 6.07) is 17.9. The van der Waals surface area contributed by atoms with Gasteiger partial charge in [0, 0.05) is 18.2 Å². The number of ether oxygens (including phenoxy) is 1. The van der Waals surface area contributed by atoms with Gasteiger partial charge in [-0.25, -0.2) is 13.4 Å². The SMILES string of the molecule is CCS(=O)(=O)c1ncc(CN(C)C(C)c2ccccc2OC)n1Cc1ccccc1. The van der Waals surface area contributed by atoms with Crippen LogP contribution in [0.5, 0.6) is 5.75 Å². The maximum Gasteiger partial charge on any atom is 0.228 e. The van der Waals surface area contributed by atoms with Crippen molar-refractivity contribution in [2.75, 3.05) is 19.9 Å². The van der Waals surface area contributed by atoms with E-state index in [0.717, 1.165) is 22.6 Å². The van der Waals surface area contributed by atoms with Crippen LogP contribution in [0, 0.1) is 0 Å². The predicted molar refractivity (Wildman–Crippen MR) is 118 cm³/mol. The summed E-state index contributed by atoms with van der Waals surface area (Å²) in [4.78, 5) is 6.46. The smallest absolute Gasteiger partial charge is 0.228 e. The van der Waals surface area contributed by atoms with Crippen LogP contribution >= 0.6 is 0 Å². The van der Waals surface area contributed by atoms with Crippen molar-refractivity contribution in [1.29, 1.82) is 0 Å². The number of aromatic nitrogens is 2. The molecule has 1 aromatic heterocycles. The molecule has 7 heteroatoms. The van der Waals surface area contributed by atoms with Crippen LogP contribution in [0.15, 0.2) is 66.0 Å². The topological polar surface area (TPSA) is 64.4 Å². The van der Waals surface area contributed by atoms with Crippen molar-refractivity contribution < 1.29 is 13.2 Å². The third-order valence-electron chi connectivity index (χ3n) is 5.40. The first-order valence-electron chi connectivity index (χ1n) is 10.0. The second-order valence-electron chi connectivity index (χ2n) is 7.34. The number of sulfone groups is 1. The lowest BCUT2D eigenvalue weighted by Gasteiger charge is -2.27. The number of hydrogen-bond donors (Lipinski definition) is 0. The number of benzene rings is 2. The van der Waals surface area contributed by atoms with Gasteiger partial charge in [0.15, 0.2) is 0 Å². The molecule has 0 N–H and O–H groups in total. The number of imidazole rings is 1. The minimum atomic E-state index is -3.43. The minimum Gasteiger partial charge on any atom is -0.496 e. The van der Waals surface area contributed by atoms with Crippen molar-refractivity contribution in [2.24, 2.45) is 0 Å². The van der Waals surface area contributed by atoms with Gasteiger partial charge in [0.25, 0.3) is 0 Å². The summed E-state index contributed by atoms with van der Waals surface area (Å²) in [6.07, 6.45) is 1.68. The predicted octanol–water partition coefficient (Wildman–Crippen LogP) is 3.93. The Morgan fingerprint density at radius 3 is 2.43 bits per heavy atom. The van der Waals surface area contributed by atoms with E-state index < -0.39 is 9.84 Å². The normalized spacial score (nSPS) is 12.8. The summed E-state index contributed by atoms with van der Waals surface area (Å²) in [7, 11) is 0.254. The van der Waals surface area contributed by atoms with Gasteiger partial charge in [-0.1, -0.05) is 55.5 Å². The highest BCUT2D eigenvalue weighted by atomic mass is 32.2. The Bertz CT molecular complexity index is 1080. The summed E-state index contributed by atoms with van der Waals surface area (Å²) < 4.78 is 32.6. The zero-order chi connectivity index (χ0) is 21.7. The van der Waals surface area contributed by atoms with E-state index in [1.54, 1.807) is 20.2 Å². The van der Waals surface area contributed by atoms with E-state index in [1.807, 2.05) is 66.2 Å². The molecular weight excluding hydrogens is 398 g/mol. The van der Waals surface area contributed by atoms with Crippen LogP contribution in [0.4, 0.5) is 0 Å². The van der Waals surface area contributed by atoms with Gasteiger partial charge in [0.2, 0.25) is 15.0 Å². The maximum atomic E-state index is 12.6. The fourth-order valence-corrected chi connectivity index (χ4v) is 4.46. The molecule has 0 aliphatic carbocycles. The summed E-state index contributed by atoms with van der Waals surface area (Å²) in [5, 5.41) is 0.127. The number of nitrogens with zero attached hydrogens (tertiary/aromatic N) is 3. The summed E-state index contributed by atoms with van der Waals surface area (Å²) in [6.45, 7) is 4.77. The Labute approximate surface area is 179 Å². The molecule has 3 rings (SSSR count). The van der Waals surface area contributed by atoms with Gasteiger partial charge in [0.1, 0.15) is 5.75 Å². The highest BCUT2D eigenvalue weighted by Gasteiger charge is 2.24. The molecule has 30 heavy (non-hydrogen) atoms. The van der Waals surface area contributed by atoms with E-state index in [2.05, 4.69) is 16.8 Å². The van der Waals surface area contributed by atoms with E-state index in [4.69, 9.17) is 4.74 Å². The van der Waals surface area contributed by atoms with Gasteiger partial charge < -0.3 is 9.30 Å². The summed E-state index contributed by atoms with van der Waals surface area (Å²) in [5.74, 6) is 0.856. The first-order chi connectivity index (χ1) is 14.4. The van der Waals surface area contributed by atoms with Crippen LogP contribution in [0.25, 0.3) is 0 Å². The first-order valence-corrected chi connectivity index (χ1v) is 11.7. The molecule has 0 spiro atoms. The molecule has 0 fully saturated rings. The third-order valence-corrected chi connectivity index (χ3v) is 7.05. The average Bonchev–Trinajstić information content (AvgIpc) is 3.16. The Morgan fingerprint density at radius 2 is 1.77 bits per heavy atom. The van der Waals surface area contributed by atoms with Crippen LogP contribution in [0.1, 0.15) is 36.7 Å². The Morgan fingerprint density at radius 1 is 1.10 bits per heavy atom. The summed E-state index contributed by atoms with van der Waals surface area (Å²) in [5.41, 5.74) is 2.97. The molecule has 0 bridgehead atoms. The molecule has 1 atom stereocenters. The molecule has 0 amide bonds. The van der Waals surface area contributed by atoms with Crippen LogP contribution in [-0.2, 0) is 22.9 Å². The molecule has 0 radical (unpaired) electrons. The van der Waals surface area contributed by atoms with E-state index >= 15 is 0 Å². The molecule has 0 saturated heterocycles. The molecule has 3 aromatic rings. The van der Waals surface area contributed by atoms with Gasteiger partial charge in [0.05, 0.1) is 31.3 Å². The van der Waals surface area contributed by atoms with E-state index in [9.17, 15) is 8.42 Å². The number of methoxy groups -OCH3 is 1. The zero-order valence-corrected chi connectivity index (χ0v) is 18.8. The monoisotopic (exact) mass is 427 g/mol. The Balaban J connectivity index is 1.93. The lowest BCUT2D eigenvalue weighted by Crippen LogP contribution is -2.25. The van der Waals surface area contributed by atoms with Gasteiger partial charge in [-0.15, -0.1) is 0 Å². The highest BCUT2D eigenvalue weighted by Crippen LogP contribution is 2.29. The Kier molecular flexibility index (Phi) is 6.95. The van der Waals surface area contributed by atoms with Crippen LogP contribution < -0.4 is 4.74 Å². The fourth-order valence-electron chi connectivity index (χ4n) is 3.47. The van der Waals surface area contributed by atoms with Gasteiger partial charge in [-0.2, -0.15) is 0 Å². The van der Waals surface area contributed by atoms with Crippen LogP contribution in [0.2, 0.25) is 0 Å². The molecule has 0 aliphatic heterocycles. The minimum absolute atomic E-state index is 0.0195. The first kappa shape index (κ1) is 22.1. The van der Waals surface area contributed by atoms with Crippen molar-refractivity contribution >= 4 is 9.84 Å². The van der Waals surface area contributed by atoms with Crippen molar-refractivity contribution in [3.05, 3.63) is 77.6 Å². The van der Waals surface area contributed by atoms with Crippen molar-refractivity contribution in [3.8, 4) is 5.75 Å². The largest absolute Gasteiger partial charge is 0.496 e. The van der Waals surface area contributed by atoms with E-state index in [0.29, 0.717) is 13.1 Å². The lowest BCUT2D eigenvalue weighted by molar-refractivity contribution is 0.240. The highest BCUT2D eigenvalue weighted by molar-refractivity contribution is 7.91. The molecule has 0 aliphatic rings. The average molecular weight is 428 g/mol. The number of hydrogen-bond acceptors (Lipinski definition) is 5. The van der Waals surface area contributed by atoms with Gasteiger partial charge in [-0.05, 0) is 25.6 Å².